The summed E-state index contributed by atoms with van der Waals surface area (Å²) < 4.78 is 8.52. The van der Waals surface area contributed by atoms with Crippen molar-refractivity contribution in [2.24, 2.45) is 11.5 Å². The smallest absolute Gasteiger partial charge is 0.813 e. The van der Waals surface area contributed by atoms with Crippen molar-refractivity contribution in [2.75, 3.05) is 13.1 Å². The van der Waals surface area contributed by atoms with Crippen LogP contribution in [0.25, 0.3) is 0 Å². The van der Waals surface area contributed by atoms with Crippen molar-refractivity contribution in [1.82, 2.24) is 0 Å². The van der Waals surface area contributed by atoms with Crippen LogP contribution in [0, 0.1) is 0 Å². The normalized spacial score (nSPS) is 5.21. The molecule has 0 rings (SSSR count). The molecule has 8 heteroatoms. The van der Waals surface area contributed by atoms with Gasteiger partial charge >= 0.3 is 59.1 Å². The summed E-state index contributed by atoms with van der Waals surface area (Å²) >= 11 is 0. The van der Waals surface area contributed by atoms with Crippen LogP contribution >= 0.6 is 8.25 Å². The maximum absolute atomic E-state index is 8.52. The molecule has 0 heterocycles. The fourth-order valence-electron chi connectivity index (χ4n) is 0. The molecule has 0 saturated carbocycles. The first kappa shape index (κ1) is 36.1. The van der Waals surface area contributed by atoms with E-state index >= 15 is 0 Å². The molecule has 0 aliphatic rings. The number of hydrogen-bond donors (Lipinski definition) is 2. The summed E-state index contributed by atoms with van der Waals surface area (Å²) in [6.45, 7) is 13.2. The maximum atomic E-state index is 8.52. The van der Waals surface area contributed by atoms with Gasteiger partial charge in [-0.2, -0.15) is 0 Å². The summed E-state index contributed by atoms with van der Waals surface area (Å²) in [5.74, 6) is 0. The third-order valence-corrected chi connectivity index (χ3v) is 0.167. The number of rotatable bonds is 1. The molecule has 76 valence electrons. The van der Waals surface area contributed by atoms with Gasteiger partial charge < -0.3 is 25.8 Å². The Morgan fingerprint density at radius 3 is 1.00 bits per heavy atom. The molecule has 0 bridgehead atoms. The zero-order chi connectivity index (χ0) is 11.0. The van der Waals surface area contributed by atoms with E-state index < -0.39 is 8.25 Å². The van der Waals surface area contributed by atoms with Crippen molar-refractivity contribution in [2.45, 2.75) is 0 Å². The van der Waals surface area contributed by atoms with E-state index in [9.17, 15) is 0 Å². The van der Waals surface area contributed by atoms with E-state index in [-0.39, 0.29) is 59.1 Å². The van der Waals surface area contributed by atoms with Crippen molar-refractivity contribution < 1.29 is 73.5 Å². The van der Waals surface area contributed by atoms with E-state index in [2.05, 4.69) is 26.3 Å². The van der Waals surface area contributed by atoms with Crippen LogP contribution in [0.3, 0.4) is 0 Å². The molecule has 4 N–H and O–H groups in total. The Kier molecular flexibility index (Phi) is 161. The fourth-order valence-corrected chi connectivity index (χ4v) is 0. The molecule has 0 saturated heterocycles. The molecule has 0 atom stereocenters. The molecule has 0 aliphatic carbocycles. The summed E-state index contributed by atoms with van der Waals surface area (Å²) in [6, 6.07) is 0. The Balaban J connectivity index is -0.0000000153. The van der Waals surface area contributed by atoms with Gasteiger partial charge in [0.1, 0.15) is 0 Å². The molecule has 0 aliphatic heterocycles. The molecule has 0 aromatic carbocycles. The zero-order valence-electron chi connectivity index (χ0n) is 9.12. The van der Waals surface area contributed by atoms with Crippen LogP contribution in [0.15, 0.2) is 26.3 Å². The third kappa shape index (κ3) is 328. The van der Waals surface area contributed by atoms with Gasteiger partial charge in [0.05, 0.1) is 0 Å². The fraction of sp³-hybridized carbons (Fsp3) is 0.333. The molecule has 0 unspecified atom stereocenters. The van der Waals surface area contributed by atoms with Crippen LogP contribution in [0.1, 0.15) is 0 Å². The van der Waals surface area contributed by atoms with Crippen LogP contribution in [-0.2, 0) is 4.57 Å². The Morgan fingerprint density at radius 2 is 1.00 bits per heavy atom. The first-order chi connectivity index (χ1) is 5.65. The summed E-state index contributed by atoms with van der Waals surface area (Å²) in [7, 11) is -3.63. The molecular formula is C6H17N2Na2O3P. The van der Waals surface area contributed by atoms with E-state index in [4.69, 9.17) is 25.8 Å². The average molecular weight is 242 g/mol. The summed E-state index contributed by atoms with van der Waals surface area (Å²) in [6.07, 6.45) is 0. The van der Waals surface area contributed by atoms with Gasteiger partial charge in [-0.25, -0.2) is 0 Å². The van der Waals surface area contributed by atoms with Crippen molar-refractivity contribution >= 4 is 8.25 Å². The number of hydrogen-bond acceptors (Lipinski definition) is 5. The predicted molar refractivity (Wildman–Crippen MR) is 49.6 cm³/mol. The second-order valence-electron chi connectivity index (χ2n) is 0.827. The van der Waals surface area contributed by atoms with Crippen molar-refractivity contribution in [3.63, 3.8) is 0 Å². The monoisotopic (exact) mass is 242 g/mol. The zero-order valence-corrected chi connectivity index (χ0v) is 14.1. The molecule has 0 amide bonds. The molecular weight excluding hydrogens is 225 g/mol. The topological polar surface area (TPSA) is 115 Å². The second kappa shape index (κ2) is 62.3. The first-order valence-electron chi connectivity index (χ1n) is 2.93. The van der Waals surface area contributed by atoms with Crippen LogP contribution in [-0.4, -0.2) is 13.1 Å². The first-order valence-corrected chi connectivity index (χ1v) is 4.15. The van der Waals surface area contributed by atoms with Crippen molar-refractivity contribution in [3.05, 3.63) is 26.3 Å². The Bertz CT molecular complexity index is 83.5. The maximum Gasteiger partial charge on any atom is 1.00 e. The SMILES string of the molecule is C=C.C=C.NCCN.O=[PH]([O-])[O-].[Na+].[Na+]. The molecule has 0 spiro atoms. The van der Waals surface area contributed by atoms with E-state index in [0.717, 1.165) is 0 Å². The molecule has 0 aromatic rings. The quantitative estimate of drug-likeness (QED) is 0.269. The molecule has 5 nitrogen and oxygen atoms in total. The minimum absolute atomic E-state index is 0. The van der Waals surface area contributed by atoms with E-state index in [1.54, 1.807) is 0 Å². The largest absolute Gasteiger partial charge is 1.00 e. The standard InChI is InChI=1S/C2H8N2.2C2H4.2Na.H3O3P/c3-1-2-4;2*1-2;;;1-4(2)3/h1-4H2;2*1-2H2;;;4H,(H2,1,2,3)/q;;;2*+1;/p-2. The Morgan fingerprint density at radius 1 is 0.929 bits per heavy atom. The summed E-state index contributed by atoms with van der Waals surface area (Å²) in [5.41, 5.74) is 9.81. The minimum atomic E-state index is -3.63. The van der Waals surface area contributed by atoms with Gasteiger partial charge in [-0.3, -0.25) is 0 Å². The van der Waals surface area contributed by atoms with Gasteiger partial charge in [0.2, 0.25) is 0 Å². The molecule has 14 heavy (non-hydrogen) atoms. The van der Waals surface area contributed by atoms with Gasteiger partial charge in [0.25, 0.3) is 0 Å². The van der Waals surface area contributed by atoms with Gasteiger partial charge in [-0.1, -0.05) is 8.25 Å². The summed E-state index contributed by atoms with van der Waals surface area (Å²) in [5, 5.41) is 0. The molecule has 0 fully saturated rings. The summed E-state index contributed by atoms with van der Waals surface area (Å²) in [4.78, 5) is 17.0. The second-order valence-corrected chi connectivity index (χ2v) is 1.33. The van der Waals surface area contributed by atoms with E-state index in [0.29, 0.717) is 13.1 Å². The average Bonchev–Trinajstić information content (AvgIpc) is 2.10. The Hall–Kier alpha value is 1.55. The molecule has 0 aromatic heterocycles. The van der Waals surface area contributed by atoms with E-state index in [1.807, 2.05) is 0 Å². The van der Waals surface area contributed by atoms with Gasteiger partial charge in [-0.15, -0.1) is 26.3 Å². The van der Waals surface area contributed by atoms with Gasteiger partial charge in [-0.05, 0) is 0 Å². The predicted octanol–water partition coefficient (Wildman–Crippen LogP) is -7.39. The minimum Gasteiger partial charge on any atom is -0.813 e. The van der Waals surface area contributed by atoms with Gasteiger partial charge in [0, 0.05) is 13.1 Å². The van der Waals surface area contributed by atoms with Crippen LogP contribution in [0.5, 0.6) is 0 Å². The van der Waals surface area contributed by atoms with Crippen LogP contribution < -0.4 is 80.4 Å². The van der Waals surface area contributed by atoms with Crippen molar-refractivity contribution in [3.8, 4) is 0 Å². The third-order valence-electron chi connectivity index (χ3n) is 0.167. The van der Waals surface area contributed by atoms with Crippen molar-refractivity contribution in [1.29, 1.82) is 0 Å². The van der Waals surface area contributed by atoms with Crippen LogP contribution in [0.4, 0.5) is 0 Å². The number of nitrogens with two attached hydrogens (primary N) is 2. The molecule has 0 radical (unpaired) electrons. The Labute approximate surface area is 131 Å². The van der Waals surface area contributed by atoms with Crippen LogP contribution in [0.2, 0.25) is 0 Å². The van der Waals surface area contributed by atoms with Gasteiger partial charge in [0.15, 0.2) is 0 Å². The van der Waals surface area contributed by atoms with E-state index in [1.165, 1.54) is 0 Å².